The number of rotatable bonds is 4. The first-order chi connectivity index (χ1) is 11.4. The van der Waals surface area contributed by atoms with Crippen LogP contribution in [-0.2, 0) is 11.8 Å². The lowest BCUT2D eigenvalue weighted by molar-refractivity contribution is 0.244. The van der Waals surface area contributed by atoms with Gasteiger partial charge in [0.1, 0.15) is 0 Å². The van der Waals surface area contributed by atoms with Gasteiger partial charge >= 0.3 is 0 Å². The second-order valence-electron chi connectivity index (χ2n) is 8.48. The average Bonchev–Trinajstić information content (AvgIpc) is 2.91. The third kappa shape index (κ3) is 3.68. The molecule has 132 valence electrons. The van der Waals surface area contributed by atoms with Crippen molar-refractivity contribution in [1.29, 1.82) is 0 Å². The Labute approximate surface area is 147 Å². The minimum absolute atomic E-state index is 0.198. The number of hydrogen-bond donors (Lipinski definition) is 1. The maximum atomic E-state index is 3.44. The third-order valence-corrected chi connectivity index (χ3v) is 5.24. The Morgan fingerprint density at radius 3 is 2.46 bits per heavy atom. The summed E-state index contributed by atoms with van der Waals surface area (Å²) in [5.74, 6) is 0. The molecule has 0 aliphatic carbocycles. The van der Waals surface area contributed by atoms with Gasteiger partial charge in [0.2, 0.25) is 0 Å². The van der Waals surface area contributed by atoms with E-state index in [4.69, 9.17) is 0 Å². The summed E-state index contributed by atoms with van der Waals surface area (Å²) in [6.45, 7) is 17.2. The molecule has 24 heavy (non-hydrogen) atoms. The van der Waals surface area contributed by atoms with E-state index in [1.165, 1.54) is 41.7 Å². The minimum Gasteiger partial charge on any atom is -0.345 e. The molecule has 1 N–H and O–H groups in total. The van der Waals surface area contributed by atoms with Gasteiger partial charge in [0, 0.05) is 55.9 Å². The van der Waals surface area contributed by atoms with E-state index >= 15 is 0 Å². The van der Waals surface area contributed by atoms with Gasteiger partial charge in [-0.3, -0.25) is 0 Å². The zero-order valence-electron chi connectivity index (χ0n) is 16.0. The smallest absolute Gasteiger partial charge is 0.0485 e. The molecule has 0 bridgehead atoms. The highest BCUT2D eigenvalue weighted by molar-refractivity contribution is 5.85. The Kier molecular flexibility index (Phi) is 5.03. The van der Waals surface area contributed by atoms with E-state index in [1.54, 1.807) is 0 Å². The maximum absolute atomic E-state index is 3.44. The van der Waals surface area contributed by atoms with Crippen molar-refractivity contribution < 1.29 is 0 Å². The number of aromatic nitrogens is 1. The number of hydrogen-bond acceptors (Lipinski definition) is 2. The molecule has 0 unspecified atom stereocenters. The van der Waals surface area contributed by atoms with Crippen molar-refractivity contribution in [2.75, 3.05) is 32.7 Å². The summed E-state index contributed by atoms with van der Waals surface area (Å²) in [6, 6.07) is 7.56. The zero-order chi connectivity index (χ0) is 17.3. The molecule has 0 amide bonds. The topological polar surface area (TPSA) is 20.2 Å². The number of fused-ring (bicyclic) bond motifs is 1. The SMILES string of the molecule is CC(C)n1cc(CCN2CCNCC2)c2cc(C(C)(C)C)ccc21. The van der Waals surface area contributed by atoms with Gasteiger partial charge < -0.3 is 14.8 Å². The van der Waals surface area contributed by atoms with Crippen molar-refractivity contribution >= 4 is 10.9 Å². The van der Waals surface area contributed by atoms with Gasteiger partial charge in [-0.15, -0.1) is 0 Å². The van der Waals surface area contributed by atoms with Crippen LogP contribution in [-0.4, -0.2) is 42.2 Å². The Balaban J connectivity index is 1.92. The predicted molar refractivity (Wildman–Crippen MR) is 104 cm³/mol. The van der Waals surface area contributed by atoms with E-state index in [0.29, 0.717) is 6.04 Å². The summed E-state index contributed by atoms with van der Waals surface area (Å²) in [5, 5.41) is 4.89. The first-order valence-corrected chi connectivity index (χ1v) is 9.43. The molecule has 0 radical (unpaired) electrons. The number of benzene rings is 1. The number of piperazine rings is 1. The van der Waals surface area contributed by atoms with Crippen LogP contribution in [0.15, 0.2) is 24.4 Å². The monoisotopic (exact) mass is 327 g/mol. The van der Waals surface area contributed by atoms with Crippen LogP contribution in [0.1, 0.15) is 51.8 Å². The van der Waals surface area contributed by atoms with Crippen LogP contribution in [0.3, 0.4) is 0 Å². The van der Waals surface area contributed by atoms with Crippen LogP contribution in [0.2, 0.25) is 0 Å². The predicted octanol–water partition coefficient (Wildman–Crippen LogP) is 3.97. The first-order valence-electron chi connectivity index (χ1n) is 9.43. The van der Waals surface area contributed by atoms with E-state index in [-0.39, 0.29) is 5.41 Å². The Morgan fingerprint density at radius 2 is 1.83 bits per heavy atom. The fourth-order valence-electron chi connectivity index (χ4n) is 3.63. The van der Waals surface area contributed by atoms with Gasteiger partial charge in [-0.25, -0.2) is 0 Å². The van der Waals surface area contributed by atoms with Gasteiger partial charge in [-0.1, -0.05) is 26.8 Å². The summed E-state index contributed by atoms with van der Waals surface area (Å²) < 4.78 is 2.44. The Morgan fingerprint density at radius 1 is 1.12 bits per heavy atom. The van der Waals surface area contributed by atoms with E-state index in [9.17, 15) is 0 Å². The molecule has 3 heteroatoms. The average molecular weight is 328 g/mol. The van der Waals surface area contributed by atoms with Crippen molar-refractivity contribution in [3.8, 4) is 0 Å². The van der Waals surface area contributed by atoms with Crippen LogP contribution in [0.25, 0.3) is 10.9 Å². The molecular formula is C21H33N3. The molecule has 2 heterocycles. The maximum Gasteiger partial charge on any atom is 0.0485 e. The number of nitrogens with zero attached hydrogens (tertiary/aromatic N) is 2. The summed E-state index contributed by atoms with van der Waals surface area (Å²) in [4.78, 5) is 2.59. The molecule has 3 rings (SSSR count). The second-order valence-corrected chi connectivity index (χ2v) is 8.48. The van der Waals surface area contributed by atoms with E-state index in [2.05, 4.69) is 73.8 Å². The highest BCUT2D eigenvalue weighted by atomic mass is 15.2. The highest BCUT2D eigenvalue weighted by Crippen LogP contribution is 2.31. The van der Waals surface area contributed by atoms with E-state index in [0.717, 1.165) is 19.5 Å². The summed E-state index contributed by atoms with van der Waals surface area (Å²) >= 11 is 0. The van der Waals surface area contributed by atoms with Crippen molar-refractivity contribution in [1.82, 2.24) is 14.8 Å². The molecule has 1 aromatic heterocycles. The standard InChI is InChI=1S/C21H33N3/c1-16(2)24-15-17(8-11-23-12-9-22-10-13-23)19-14-18(21(3,4)5)6-7-20(19)24/h6-7,14-16,22H,8-13H2,1-5H3. The second kappa shape index (κ2) is 6.89. The minimum atomic E-state index is 0.198. The quantitative estimate of drug-likeness (QED) is 0.917. The van der Waals surface area contributed by atoms with Gasteiger partial charge in [0.25, 0.3) is 0 Å². The summed E-state index contributed by atoms with van der Waals surface area (Å²) in [6.07, 6.45) is 3.54. The normalized spacial score (nSPS) is 17.1. The largest absolute Gasteiger partial charge is 0.345 e. The van der Waals surface area contributed by atoms with Crippen molar-refractivity contribution in [2.45, 2.75) is 52.5 Å². The third-order valence-electron chi connectivity index (χ3n) is 5.24. The van der Waals surface area contributed by atoms with E-state index < -0.39 is 0 Å². The van der Waals surface area contributed by atoms with Gasteiger partial charge in [0.05, 0.1) is 0 Å². The van der Waals surface area contributed by atoms with Crippen LogP contribution in [0.5, 0.6) is 0 Å². The molecule has 0 atom stereocenters. The number of nitrogens with one attached hydrogen (secondary N) is 1. The zero-order valence-corrected chi connectivity index (χ0v) is 16.0. The Hall–Kier alpha value is -1.32. The Bertz CT molecular complexity index is 685. The van der Waals surface area contributed by atoms with Crippen LogP contribution in [0, 0.1) is 0 Å². The van der Waals surface area contributed by atoms with Gasteiger partial charge in [-0.05, 0) is 48.9 Å². The lowest BCUT2D eigenvalue weighted by Gasteiger charge is -2.27. The summed E-state index contributed by atoms with van der Waals surface area (Å²) in [7, 11) is 0. The van der Waals surface area contributed by atoms with Crippen molar-refractivity contribution in [2.24, 2.45) is 0 Å². The molecule has 1 aliphatic rings. The molecule has 1 aromatic carbocycles. The molecule has 2 aromatic rings. The van der Waals surface area contributed by atoms with Gasteiger partial charge in [0.15, 0.2) is 0 Å². The molecule has 3 nitrogen and oxygen atoms in total. The fourth-order valence-corrected chi connectivity index (χ4v) is 3.63. The molecule has 0 saturated carbocycles. The van der Waals surface area contributed by atoms with Gasteiger partial charge in [-0.2, -0.15) is 0 Å². The first kappa shape index (κ1) is 17.5. The van der Waals surface area contributed by atoms with Crippen molar-refractivity contribution in [3.63, 3.8) is 0 Å². The van der Waals surface area contributed by atoms with Crippen LogP contribution < -0.4 is 5.32 Å². The lowest BCUT2D eigenvalue weighted by Crippen LogP contribution is -2.44. The fraction of sp³-hybridized carbons (Fsp3) is 0.619. The molecule has 1 fully saturated rings. The molecule has 1 saturated heterocycles. The summed E-state index contributed by atoms with van der Waals surface area (Å²) in [5.41, 5.74) is 4.51. The van der Waals surface area contributed by atoms with Crippen molar-refractivity contribution in [3.05, 3.63) is 35.5 Å². The lowest BCUT2D eigenvalue weighted by atomic mass is 9.86. The highest BCUT2D eigenvalue weighted by Gasteiger charge is 2.18. The molecule has 0 spiro atoms. The van der Waals surface area contributed by atoms with Crippen LogP contribution in [0.4, 0.5) is 0 Å². The van der Waals surface area contributed by atoms with E-state index in [1.807, 2.05) is 0 Å². The molecular weight excluding hydrogens is 294 g/mol. The molecule has 1 aliphatic heterocycles. The van der Waals surface area contributed by atoms with Crippen LogP contribution >= 0.6 is 0 Å².